The number of hydrogen-bond acceptors (Lipinski definition) is 2. The Morgan fingerprint density at radius 1 is 1.44 bits per heavy atom. The fourth-order valence-corrected chi connectivity index (χ4v) is 2.36. The Kier molecular flexibility index (Phi) is 4.24. The van der Waals surface area contributed by atoms with Crippen LogP contribution in [0.25, 0.3) is 0 Å². The summed E-state index contributed by atoms with van der Waals surface area (Å²) < 4.78 is 0. The molecule has 1 amide bonds. The van der Waals surface area contributed by atoms with Crippen LogP contribution in [0.5, 0.6) is 0 Å². The fourth-order valence-electron chi connectivity index (χ4n) is 2.36. The first kappa shape index (κ1) is 12.9. The van der Waals surface area contributed by atoms with Gasteiger partial charge < -0.3 is 10.6 Å². The van der Waals surface area contributed by atoms with Crippen molar-refractivity contribution in [1.82, 2.24) is 4.90 Å². The summed E-state index contributed by atoms with van der Waals surface area (Å²) in [5.41, 5.74) is 7.63. The lowest BCUT2D eigenvalue weighted by atomic mass is 9.82. The summed E-state index contributed by atoms with van der Waals surface area (Å²) in [6, 6.07) is 7.78. The zero-order chi connectivity index (χ0) is 13.0. The van der Waals surface area contributed by atoms with Crippen LogP contribution in [-0.2, 0) is 11.3 Å². The molecule has 18 heavy (non-hydrogen) atoms. The molecule has 2 N–H and O–H groups in total. The second kappa shape index (κ2) is 5.89. The molecule has 3 heteroatoms. The van der Waals surface area contributed by atoms with Crippen LogP contribution in [0.3, 0.4) is 0 Å². The van der Waals surface area contributed by atoms with Crippen LogP contribution in [0.15, 0.2) is 24.3 Å². The number of hydrogen-bond donors (Lipinski definition) is 1. The van der Waals surface area contributed by atoms with Gasteiger partial charge in [0, 0.05) is 25.2 Å². The van der Waals surface area contributed by atoms with Crippen LogP contribution in [0.4, 0.5) is 5.69 Å². The third-order valence-corrected chi connectivity index (χ3v) is 3.75. The molecule has 1 aromatic rings. The van der Waals surface area contributed by atoms with Crippen molar-refractivity contribution in [1.29, 1.82) is 0 Å². The Morgan fingerprint density at radius 2 is 2.22 bits per heavy atom. The molecule has 1 aliphatic rings. The summed E-state index contributed by atoms with van der Waals surface area (Å²) in [6.45, 7) is 3.47. The minimum absolute atomic E-state index is 0.282. The average Bonchev–Trinajstić information content (AvgIpc) is 2.30. The molecule has 1 saturated carbocycles. The van der Waals surface area contributed by atoms with E-state index in [9.17, 15) is 4.79 Å². The normalized spacial score (nSPS) is 15.2. The van der Waals surface area contributed by atoms with Gasteiger partial charge in [-0.2, -0.15) is 0 Å². The number of carbonyl (C=O) groups is 1. The van der Waals surface area contributed by atoms with E-state index in [1.165, 1.54) is 19.3 Å². The third kappa shape index (κ3) is 3.25. The molecule has 0 aromatic heterocycles. The lowest BCUT2D eigenvalue weighted by Crippen LogP contribution is -2.32. The second-order valence-electron chi connectivity index (χ2n) is 5.15. The van der Waals surface area contributed by atoms with Gasteiger partial charge in [-0.15, -0.1) is 0 Å². The van der Waals surface area contributed by atoms with Crippen molar-refractivity contribution in [2.75, 3.05) is 12.3 Å². The summed E-state index contributed by atoms with van der Waals surface area (Å²) in [5, 5.41) is 0. The fraction of sp³-hybridized carbons (Fsp3) is 0.533. The smallest absolute Gasteiger partial charge is 0.223 e. The highest BCUT2D eigenvalue weighted by Gasteiger charge is 2.23. The number of rotatable bonds is 5. The number of carbonyl (C=O) groups excluding carboxylic acids is 1. The average molecular weight is 246 g/mol. The topological polar surface area (TPSA) is 46.3 Å². The Morgan fingerprint density at radius 3 is 2.78 bits per heavy atom. The summed E-state index contributed by atoms with van der Waals surface area (Å²) in [4.78, 5) is 14.1. The highest BCUT2D eigenvalue weighted by molar-refractivity contribution is 5.76. The van der Waals surface area contributed by atoms with Crippen LogP contribution in [0.2, 0.25) is 0 Å². The summed E-state index contributed by atoms with van der Waals surface area (Å²) in [5.74, 6) is 0.914. The van der Waals surface area contributed by atoms with Crippen LogP contribution in [-0.4, -0.2) is 17.4 Å². The maximum absolute atomic E-state index is 12.2. The van der Waals surface area contributed by atoms with Crippen LogP contribution in [0.1, 0.15) is 38.2 Å². The molecule has 0 heterocycles. The van der Waals surface area contributed by atoms with E-state index >= 15 is 0 Å². The molecular weight excluding hydrogens is 224 g/mol. The molecule has 3 nitrogen and oxygen atoms in total. The Hall–Kier alpha value is -1.51. The second-order valence-corrected chi connectivity index (χ2v) is 5.15. The van der Waals surface area contributed by atoms with E-state index in [4.69, 9.17) is 5.73 Å². The number of nitrogens with two attached hydrogens (primary N) is 1. The third-order valence-electron chi connectivity index (χ3n) is 3.75. The number of nitrogen functional groups attached to an aromatic ring is 1. The molecule has 1 aromatic carbocycles. The van der Waals surface area contributed by atoms with Gasteiger partial charge in [-0.3, -0.25) is 4.79 Å². The van der Waals surface area contributed by atoms with Gasteiger partial charge in [0.2, 0.25) is 5.91 Å². The van der Waals surface area contributed by atoms with Crippen molar-refractivity contribution < 1.29 is 4.79 Å². The molecule has 0 bridgehead atoms. The Bertz CT molecular complexity index is 413. The van der Waals surface area contributed by atoms with Crippen LogP contribution in [0, 0.1) is 5.92 Å². The monoisotopic (exact) mass is 246 g/mol. The first-order chi connectivity index (χ1) is 8.69. The number of benzene rings is 1. The van der Waals surface area contributed by atoms with Crippen molar-refractivity contribution in [3.8, 4) is 0 Å². The summed E-state index contributed by atoms with van der Waals surface area (Å²) in [7, 11) is 0. The molecule has 0 unspecified atom stereocenters. The molecule has 2 rings (SSSR count). The van der Waals surface area contributed by atoms with Crippen molar-refractivity contribution in [2.45, 2.75) is 39.2 Å². The zero-order valence-corrected chi connectivity index (χ0v) is 11.1. The summed E-state index contributed by atoms with van der Waals surface area (Å²) >= 11 is 0. The van der Waals surface area contributed by atoms with E-state index in [0.29, 0.717) is 12.5 Å². The predicted octanol–water partition coefficient (Wildman–Crippen LogP) is 2.81. The van der Waals surface area contributed by atoms with Gasteiger partial charge in [-0.25, -0.2) is 0 Å². The first-order valence-corrected chi connectivity index (χ1v) is 6.81. The van der Waals surface area contributed by atoms with Crippen LogP contribution >= 0.6 is 0 Å². The van der Waals surface area contributed by atoms with Gasteiger partial charge >= 0.3 is 0 Å². The Labute approximate surface area is 109 Å². The highest BCUT2D eigenvalue weighted by Crippen LogP contribution is 2.30. The van der Waals surface area contributed by atoms with E-state index in [2.05, 4.69) is 0 Å². The molecule has 1 aliphatic carbocycles. The minimum atomic E-state index is 0.282. The molecule has 1 fully saturated rings. The highest BCUT2D eigenvalue weighted by atomic mass is 16.2. The molecular formula is C15H22N2O. The molecule has 98 valence electrons. The van der Waals surface area contributed by atoms with E-state index in [-0.39, 0.29) is 5.91 Å². The van der Waals surface area contributed by atoms with Gasteiger partial charge in [0.05, 0.1) is 0 Å². The zero-order valence-electron chi connectivity index (χ0n) is 11.1. The maximum Gasteiger partial charge on any atom is 0.223 e. The van der Waals surface area contributed by atoms with E-state index in [0.717, 1.165) is 24.2 Å². The van der Waals surface area contributed by atoms with Crippen LogP contribution < -0.4 is 5.73 Å². The molecule has 0 aliphatic heterocycles. The van der Waals surface area contributed by atoms with Gasteiger partial charge in [0.25, 0.3) is 0 Å². The lowest BCUT2D eigenvalue weighted by molar-refractivity contribution is -0.133. The first-order valence-electron chi connectivity index (χ1n) is 6.81. The van der Waals surface area contributed by atoms with Crippen molar-refractivity contribution in [3.05, 3.63) is 29.8 Å². The Balaban J connectivity index is 1.93. The van der Waals surface area contributed by atoms with E-state index < -0.39 is 0 Å². The number of anilines is 1. The minimum Gasteiger partial charge on any atom is -0.399 e. The number of nitrogens with zero attached hydrogens (tertiary/aromatic N) is 1. The predicted molar refractivity (Wildman–Crippen MR) is 73.9 cm³/mol. The standard InChI is InChI=1S/C15H22N2O/c1-2-17(15(18)10-12-5-3-6-12)11-13-7-4-8-14(16)9-13/h4,7-9,12H,2-3,5-6,10-11,16H2,1H3. The van der Waals surface area contributed by atoms with E-state index in [1.54, 1.807) is 0 Å². The maximum atomic E-state index is 12.2. The van der Waals surface area contributed by atoms with Gasteiger partial charge in [-0.1, -0.05) is 18.6 Å². The summed E-state index contributed by atoms with van der Waals surface area (Å²) in [6.07, 6.45) is 4.46. The SMILES string of the molecule is CCN(Cc1cccc(N)c1)C(=O)CC1CCC1. The van der Waals surface area contributed by atoms with Gasteiger partial charge in [-0.05, 0) is 43.4 Å². The lowest BCUT2D eigenvalue weighted by Gasteiger charge is -2.28. The molecule has 0 atom stereocenters. The van der Waals surface area contributed by atoms with Crippen molar-refractivity contribution >= 4 is 11.6 Å². The largest absolute Gasteiger partial charge is 0.399 e. The van der Waals surface area contributed by atoms with Crippen molar-refractivity contribution in [2.24, 2.45) is 5.92 Å². The van der Waals surface area contributed by atoms with Crippen molar-refractivity contribution in [3.63, 3.8) is 0 Å². The van der Waals surface area contributed by atoms with E-state index in [1.807, 2.05) is 36.1 Å². The van der Waals surface area contributed by atoms with Gasteiger partial charge in [0.15, 0.2) is 0 Å². The molecule has 0 radical (unpaired) electrons. The quantitative estimate of drug-likeness (QED) is 0.812. The number of amides is 1. The molecule has 0 saturated heterocycles. The molecule has 0 spiro atoms. The van der Waals surface area contributed by atoms with Gasteiger partial charge in [0.1, 0.15) is 0 Å².